The van der Waals surface area contributed by atoms with Crippen LogP contribution in [-0.4, -0.2) is 68.8 Å². The molecule has 0 bridgehead atoms. The van der Waals surface area contributed by atoms with E-state index in [1.54, 1.807) is 37.8 Å². The molecule has 1 N–H and O–H groups in total. The molecule has 1 aliphatic rings. The molecule has 162 valence electrons. The summed E-state index contributed by atoms with van der Waals surface area (Å²) < 4.78 is 31.7. The lowest BCUT2D eigenvalue weighted by Gasteiger charge is -2.21. The number of amides is 1. The number of esters is 1. The summed E-state index contributed by atoms with van der Waals surface area (Å²) in [5.74, 6) is -0.139. The molecule has 0 heterocycles. The van der Waals surface area contributed by atoms with Crippen LogP contribution in [0.4, 0.5) is 5.69 Å². The van der Waals surface area contributed by atoms with Crippen LogP contribution in [0.3, 0.4) is 0 Å². The van der Waals surface area contributed by atoms with Gasteiger partial charge in [0.15, 0.2) is 0 Å². The van der Waals surface area contributed by atoms with Crippen LogP contribution in [0.5, 0.6) is 0 Å². The molecular formula is C20H31N3O5S. The Balaban J connectivity index is 2.04. The van der Waals surface area contributed by atoms with E-state index < -0.39 is 10.0 Å². The fourth-order valence-corrected chi connectivity index (χ4v) is 4.59. The van der Waals surface area contributed by atoms with Crippen LogP contribution in [0.2, 0.25) is 0 Å². The second-order valence-corrected chi connectivity index (χ2v) is 9.02. The first-order chi connectivity index (χ1) is 13.8. The second kappa shape index (κ2) is 10.7. The van der Waals surface area contributed by atoms with Crippen molar-refractivity contribution in [3.63, 3.8) is 0 Å². The fraction of sp³-hybridized carbons (Fsp3) is 0.600. The van der Waals surface area contributed by atoms with Gasteiger partial charge in [0.25, 0.3) is 0 Å². The minimum absolute atomic E-state index is 0.0440. The molecule has 1 saturated carbocycles. The number of ether oxygens (including phenoxy) is 1. The number of hydrogen-bond acceptors (Lipinski definition) is 6. The maximum Gasteiger partial charge on any atom is 0.320 e. The molecule has 1 fully saturated rings. The van der Waals surface area contributed by atoms with Crippen molar-refractivity contribution in [2.45, 2.75) is 38.5 Å². The highest BCUT2D eigenvalue weighted by Gasteiger charge is 2.27. The van der Waals surface area contributed by atoms with E-state index in [4.69, 9.17) is 4.74 Å². The van der Waals surface area contributed by atoms with Crippen LogP contribution >= 0.6 is 0 Å². The van der Waals surface area contributed by atoms with Crippen molar-refractivity contribution in [3.8, 4) is 0 Å². The molecule has 0 atom stereocenters. The first-order valence-electron chi connectivity index (χ1n) is 10.1. The molecule has 29 heavy (non-hydrogen) atoms. The molecule has 8 nitrogen and oxygen atoms in total. The molecule has 1 aromatic carbocycles. The molecular weight excluding hydrogens is 394 g/mol. The van der Waals surface area contributed by atoms with Gasteiger partial charge in [-0.3, -0.25) is 14.5 Å². The van der Waals surface area contributed by atoms with Crippen LogP contribution < -0.4 is 5.32 Å². The number of nitrogens with zero attached hydrogens (tertiary/aromatic N) is 2. The Morgan fingerprint density at radius 1 is 1.14 bits per heavy atom. The molecule has 0 radical (unpaired) electrons. The predicted molar refractivity (Wildman–Crippen MR) is 111 cm³/mol. The Morgan fingerprint density at radius 2 is 1.83 bits per heavy atom. The van der Waals surface area contributed by atoms with Gasteiger partial charge >= 0.3 is 5.97 Å². The Labute approximate surface area is 173 Å². The molecule has 0 aliphatic heterocycles. The van der Waals surface area contributed by atoms with Crippen molar-refractivity contribution >= 4 is 27.6 Å². The summed E-state index contributed by atoms with van der Waals surface area (Å²) in [6.07, 6.45) is 2.21. The van der Waals surface area contributed by atoms with E-state index >= 15 is 0 Å². The van der Waals surface area contributed by atoms with Gasteiger partial charge in [-0.05, 0) is 43.9 Å². The van der Waals surface area contributed by atoms with Crippen molar-refractivity contribution in [2.24, 2.45) is 5.92 Å². The van der Waals surface area contributed by atoms with Gasteiger partial charge in [-0.2, -0.15) is 4.31 Å². The number of carbonyl (C=O) groups excluding carboxylic acids is 2. The third-order valence-corrected chi connectivity index (χ3v) is 6.75. The normalized spacial score (nSPS) is 14.2. The summed E-state index contributed by atoms with van der Waals surface area (Å²) >= 11 is 0. The lowest BCUT2D eigenvalue weighted by molar-refractivity contribution is -0.144. The molecule has 0 saturated heterocycles. The van der Waals surface area contributed by atoms with Crippen LogP contribution in [0.25, 0.3) is 0 Å². The predicted octanol–water partition coefficient (Wildman–Crippen LogP) is 1.93. The second-order valence-electron chi connectivity index (χ2n) is 7.08. The molecule has 9 heteroatoms. The summed E-state index contributed by atoms with van der Waals surface area (Å²) in [5.41, 5.74) is 0.408. The Kier molecular flexibility index (Phi) is 8.60. The smallest absolute Gasteiger partial charge is 0.320 e. The minimum atomic E-state index is -3.60. The quantitative estimate of drug-likeness (QED) is 0.514. The third kappa shape index (κ3) is 7.09. The van der Waals surface area contributed by atoms with E-state index in [-0.39, 0.29) is 29.9 Å². The van der Waals surface area contributed by atoms with Crippen molar-refractivity contribution in [1.82, 2.24) is 9.21 Å². The van der Waals surface area contributed by atoms with E-state index in [1.165, 1.54) is 16.4 Å². The molecule has 1 aliphatic carbocycles. The monoisotopic (exact) mass is 425 g/mol. The summed E-state index contributed by atoms with van der Waals surface area (Å²) in [5, 5.41) is 2.74. The first kappa shape index (κ1) is 23.3. The zero-order valence-corrected chi connectivity index (χ0v) is 18.2. The fourth-order valence-electron chi connectivity index (χ4n) is 3.09. The molecule has 1 amide bonds. The van der Waals surface area contributed by atoms with Crippen LogP contribution in [0, 0.1) is 5.92 Å². The van der Waals surface area contributed by atoms with E-state index in [9.17, 15) is 18.0 Å². The SMILES string of the molecule is CCOC(=O)CN(CC(=O)Nc1cccc(S(=O)(=O)N(CC)CC)c1)CC1CC1. The lowest BCUT2D eigenvalue weighted by atomic mass is 10.3. The van der Waals surface area contributed by atoms with Crippen molar-refractivity contribution in [2.75, 3.05) is 44.6 Å². The van der Waals surface area contributed by atoms with E-state index in [2.05, 4.69) is 5.32 Å². The van der Waals surface area contributed by atoms with Gasteiger partial charge in [0.1, 0.15) is 0 Å². The third-order valence-electron chi connectivity index (χ3n) is 4.70. The average Bonchev–Trinajstić information content (AvgIpc) is 3.46. The first-order valence-corrected chi connectivity index (χ1v) is 11.5. The van der Waals surface area contributed by atoms with E-state index in [0.29, 0.717) is 37.8 Å². The van der Waals surface area contributed by atoms with E-state index in [0.717, 1.165) is 12.8 Å². The van der Waals surface area contributed by atoms with Crippen molar-refractivity contribution in [3.05, 3.63) is 24.3 Å². The average molecular weight is 426 g/mol. The highest BCUT2D eigenvalue weighted by molar-refractivity contribution is 7.89. The molecule has 0 spiro atoms. The van der Waals surface area contributed by atoms with Gasteiger partial charge in [0.05, 0.1) is 24.6 Å². The van der Waals surface area contributed by atoms with Gasteiger partial charge in [0, 0.05) is 25.3 Å². The number of sulfonamides is 1. The van der Waals surface area contributed by atoms with Crippen LogP contribution in [-0.2, 0) is 24.3 Å². The summed E-state index contributed by atoms with van der Waals surface area (Å²) in [7, 11) is -3.60. The number of nitrogens with one attached hydrogen (secondary N) is 1. The number of benzene rings is 1. The van der Waals surface area contributed by atoms with Crippen LogP contribution in [0.1, 0.15) is 33.6 Å². The summed E-state index contributed by atoms with van der Waals surface area (Å²) in [6, 6.07) is 6.23. The number of hydrogen-bond donors (Lipinski definition) is 1. The highest BCUT2D eigenvalue weighted by Crippen LogP contribution is 2.29. The summed E-state index contributed by atoms with van der Waals surface area (Å²) in [6.45, 7) is 7.14. The van der Waals surface area contributed by atoms with Gasteiger partial charge in [-0.1, -0.05) is 19.9 Å². The molecule has 1 aromatic rings. The van der Waals surface area contributed by atoms with Crippen molar-refractivity contribution < 1.29 is 22.7 Å². The van der Waals surface area contributed by atoms with Gasteiger partial charge < -0.3 is 10.1 Å². The number of anilines is 1. The van der Waals surface area contributed by atoms with Gasteiger partial charge in [-0.15, -0.1) is 0 Å². The largest absolute Gasteiger partial charge is 0.465 e. The zero-order chi connectivity index (χ0) is 21.4. The van der Waals surface area contributed by atoms with E-state index in [1.807, 2.05) is 0 Å². The van der Waals surface area contributed by atoms with Gasteiger partial charge in [0.2, 0.25) is 15.9 Å². The topological polar surface area (TPSA) is 96.0 Å². The van der Waals surface area contributed by atoms with Gasteiger partial charge in [-0.25, -0.2) is 8.42 Å². The van der Waals surface area contributed by atoms with Crippen molar-refractivity contribution in [1.29, 1.82) is 0 Å². The molecule has 2 rings (SSSR count). The Bertz CT molecular complexity index is 804. The Morgan fingerprint density at radius 3 is 2.41 bits per heavy atom. The maximum absolute atomic E-state index is 12.7. The number of rotatable bonds is 12. The maximum atomic E-state index is 12.7. The molecule has 0 aromatic heterocycles. The molecule has 0 unspecified atom stereocenters. The highest BCUT2D eigenvalue weighted by atomic mass is 32.2. The summed E-state index contributed by atoms with van der Waals surface area (Å²) in [4.78, 5) is 26.2. The minimum Gasteiger partial charge on any atom is -0.465 e. The number of carbonyl (C=O) groups is 2. The standard InChI is InChI=1S/C20H31N3O5S/c1-4-23(5-2)29(26,27)18-9-7-8-17(12-18)21-19(24)14-22(13-16-10-11-16)15-20(25)28-6-3/h7-9,12,16H,4-6,10-11,13-15H2,1-3H3,(H,21,24). The zero-order valence-electron chi connectivity index (χ0n) is 17.4. The van der Waals surface area contributed by atoms with Crippen LogP contribution in [0.15, 0.2) is 29.2 Å². The lowest BCUT2D eigenvalue weighted by Crippen LogP contribution is -2.38. The Hall–Kier alpha value is -1.97.